The lowest BCUT2D eigenvalue weighted by Gasteiger charge is -2.34. The van der Waals surface area contributed by atoms with Gasteiger partial charge in [0, 0.05) is 0 Å². The van der Waals surface area contributed by atoms with Gasteiger partial charge in [0.15, 0.2) is 6.54 Å². The first kappa shape index (κ1) is 18.1. The van der Waals surface area contributed by atoms with Crippen LogP contribution in [0.25, 0.3) is 0 Å². The topological polar surface area (TPSA) is 26.3 Å². The van der Waals surface area contributed by atoms with Gasteiger partial charge in [0.25, 0.3) is 0 Å². The summed E-state index contributed by atoms with van der Waals surface area (Å²) in [4.78, 5) is 11.9. The van der Waals surface area contributed by atoms with Crippen molar-refractivity contribution in [1.82, 2.24) is 0 Å². The van der Waals surface area contributed by atoms with E-state index in [1.54, 1.807) is 0 Å². The number of carbonyl (C=O) groups excluding carboxylic acids is 1. The molecule has 1 rings (SSSR count). The molecule has 0 aliphatic carbocycles. The fraction of sp³-hybridized carbons (Fsp3) is 0.533. The first-order chi connectivity index (χ1) is 8.65. The monoisotopic (exact) mass is 329 g/mol. The van der Waals surface area contributed by atoms with Crippen molar-refractivity contribution in [1.29, 1.82) is 0 Å². The van der Waals surface area contributed by atoms with Crippen LogP contribution < -0.4 is 17.0 Å². The minimum Gasteiger partial charge on any atom is -1.00 e. The second-order valence-corrected chi connectivity index (χ2v) is 4.59. The fourth-order valence-electron chi connectivity index (χ4n) is 2.06. The summed E-state index contributed by atoms with van der Waals surface area (Å²) < 4.78 is 6.13. The average molecular weight is 330 g/mol. The van der Waals surface area contributed by atoms with Crippen molar-refractivity contribution in [2.24, 2.45) is 0 Å². The molecule has 0 aromatic heterocycles. The van der Waals surface area contributed by atoms with E-state index < -0.39 is 0 Å². The predicted molar refractivity (Wildman–Crippen MR) is 73.0 cm³/mol. The second-order valence-electron chi connectivity index (χ2n) is 4.59. The molecule has 0 saturated carbocycles. The zero-order valence-corrected chi connectivity index (χ0v) is 13.6. The van der Waals surface area contributed by atoms with Crippen LogP contribution in [-0.4, -0.2) is 36.6 Å². The van der Waals surface area contributed by atoms with Crippen molar-refractivity contribution in [2.45, 2.75) is 27.4 Å². The molecule has 0 aliphatic heterocycles. The molecule has 1 aromatic rings. The van der Waals surface area contributed by atoms with E-state index in [4.69, 9.17) is 4.74 Å². The van der Waals surface area contributed by atoms with Crippen molar-refractivity contribution < 1.29 is 31.0 Å². The Morgan fingerprint density at radius 3 is 2.05 bits per heavy atom. The Hall–Kier alpha value is -0.870. The molecule has 0 atom stereocenters. The van der Waals surface area contributed by atoms with E-state index in [1.165, 1.54) is 0 Å². The van der Waals surface area contributed by atoms with E-state index in [9.17, 15) is 4.79 Å². The summed E-state index contributed by atoms with van der Waals surface area (Å²) in [6.45, 7) is 10.1. The van der Waals surface area contributed by atoms with Crippen molar-refractivity contribution in [3.8, 4) is 0 Å². The fourth-order valence-corrected chi connectivity index (χ4v) is 2.06. The lowest BCUT2D eigenvalue weighted by Crippen LogP contribution is -3.00. The van der Waals surface area contributed by atoms with Gasteiger partial charge in [0.1, 0.15) is 6.61 Å². The molecule has 0 N–H and O–H groups in total. The van der Waals surface area contributed by atoms with Crippen molar-refractivity contribution in [2.75, 3.05) is 26.2 Å². The number of benzene rings is 1. The molecule has 0 bridgehead atoms. The normalized spacial score (nSPS) is 10.7. The molecular formula is C15H24BrNO2. The molecule has 0 amide bonds. The van der Waals surface area contributed by atoms with Crippen LogP contribution in [0.4, 0.5) is 0 Å². The number of hydrogen-bond acceptors (Lipinski definition) is 2. The van der Waals surface area contributed by atoms with Gasteiger partial charge >= 0.3 is 5.97 Å². The van der Waals surface area contributed by atoms with E-state index in [0.29, 0.717) is 13.2 Å². The highest BCUT2D eigenvalue weighted by Crippen LogP contribution is 2.07. The zero-order chi connectivity index (χ0) is 13.4. The summed E-state index contributed by atoms with van der Waals surface area (Å²) >= 11 is 0. The Morgan fingerprint density at radius 2 is 1.58 bits per heavy atom. The maximum absolute atomic E-state index is 11.9. The van der Waals surface area contributed by atoms with Gasteiger partial charge in [0.2, 0.25) is 0 Å². The zero-order valence-electron chi connectivity index (χ0n) is 12.1. The molecule has 1 aromatic carbocycles. The molecular weight excluding hydrogens is 306 g/mol. The van der Waals surface area contributed by atoms with Gasteiger partial charge in [-0.3, -0.25) is 0 Å². The van der Waals surface area contributed by atoms with Crippen LogP contribution in [0, 0.1) is 0 Å². The number of ether oxygens (including phenoxy) is 1. The van der Waals surface area contributed by atoms with Crippen LogP contribution in [0.1, 0.15) is 26.3 Å². The summed E-state index contributed by atoms with van der Waals surface area (Å²) in [6.07, 6.45) is 0. The van der Waals surface area contributed by atoms with Crippen LogP contribution in [-0.2, 0) is 16.1 Å². The third kappa shape index (κ3) is 5.74. The number of nitrogens with zero attached hydrogens (tertiary/aromatic N) is 1. The van der Waals surface area contributed by atoms with Gasteiger partial charge in [-0.25, -0.2) is 4.79 Å². The van der Waals surface area contributed by atoms with E-state index in [0.717, 1.165) is 29.7 Å². The van der Waals surface area contributed by atoms with Crippen molar-refractivity contribution in [3.63, 3.8) is 0 Å². The molecule has 0 aliphatic rings. The van der Waals surface area contributed by atoms with Gasteiger partial charge in [0.05, 0.1) is 19.6 Å². The van der Waals surface area contributed by atoms with Gasteiger partial charge in [-0.2, -0.15) is 0 Å². The standard InChI is InChI=1S/C15H24NO2.BrH/c1-4-16(5-2,6-3)12-15(17)18-13-14-10-8-7-9-11-14;/h7-11H,4-6,12-13H2,1-3H3;1H/q+1;/p-1. The average Bonchev–Trinajstić information content (AvgIpc) is 2.44. The number of hydrogen-bond donors (Lipinski definition) is 0. The third-order valence-corrected chi connectivity index (χ3v) is 3.72. The molecule has 0 radical (unpaired) electrons. The molecule has 4 heteroatoms. The molecule has 0 fully saturated rings. The van der Waals surface area contributed by atoms with E-state index in [1.807, 2.05) is 30.3 Å². The number of halogens is 1. The molecule has 0 saturated heterocycles. The van der Waals surface area contributed by atoms with Crippen LogP contribution in [0.15, 0.2) is 30.3 Å². The van der Waals surface area contributed by atoms with Crippen LogP contribution in [0.3, 0.4) is 0 Å². The minimum absolute atomic E-state index is 0. The molecule has 0 unspecified atom stereocenters. The van der Waals surface area contributed by atoms with Gasteiger partial charge < -0.3 is 26.2 Å². The Kier molecular flexibility index (Phi) is 8.68. The Morgan fingerprint density at radius 1 is 1.05 bits per heavy atom. The molecule has 0 heterocycles. The highest BCUT2D eigenvalue weighted by atomic mass is 79.9. The van der Waals surface area contributed by atoms with E-state index >= 15 is 0 Å². The summed E-state index contributed by atoms with van der Waals surface area (Å²) in [6, 6.07) is 9.80. The molecule has 0 spiro atoms. The number of likely N-dealkylation sites (N-methyl/N-ethyl adjacent to an activating group) is 1. The van der Waals surface area contributed by atoms with Crippen LogP contribution in [0.5, 0.6) is 0 Å². The Balaban J connectivity index is 0.00000324. The smallest absolute Gasteiger partial charge is 0.362 e. The Labute approximate surface area is 126 Å². The minimum atomic E-state index is -0.107. The second kappa shape index (κ2) is 9.10. The number of quaternary nitrogens is 1. The first-order valence-electron chi connectivity index (χ1n) is 6.70. The summed E-state index contributed by atoms with van der Waals surface area (Å²) in [5, 5.41) is 0. The Bertz CT molecular complexity index is 355. The first-order valence-corrected chi connectivity index (χ1v) is 6.70. The van der Waals surface area contributed by atoms with Crippen molar-refractivity contribution >= 4 is 5.97 Å². The van der Waals surface area contributed by atoms with Gasteiger partial charge in [-0.05, 0) is 26.3 Å². The lowest BCUT2D eigenvalue weighted by molar-refractivity contribution is -0.916. The number of carbonyl (C=O) groups is 1. The largest absolute Gasteiger partial charge is 1.00 e. The summed E-state index contributed by atoms with van der Waals surface area (Å²) in [5.74, 6) is -0.107. The SMILES string of the molecule is CC[N+](CC)(CC)CC(=O)OCc1ccccc1.[Br-]. The maximum Gasteiger partial charge on any atom is 0.362 e. The van der Waals surface area contributed by atoms with Crippen LogP contribution >= 0.6 is 0 Å². The lowest BCUT2D eigenvalue weighted by atomic mass is 10.2. The summed E-state index contributed by atoms with van der Waals surface area (Å²) in [5.41, 5.74) is 1.04. The van der Waals surface area contributed by atoms with E-state index in [-0.39, 0.29) is 23.0 Å². The predicted octanol–water partition coefficient (Wildman–Crippen LogP) is -0.390. The molecule has 108 valence electrons. The highest BCUT2D eigenvalue weighted by Gasteiger charge is 2.25. The summed E-state index contributed by atoms with van der Waals surface area (Å²) in [7, 11) is 0. The highest BCUT2D eigenvalue weighted by molar-refractivity contribution is 5.70. The van der Waals surface area contributed by atoms with Crippen molar-refractivity contribution in [3.05, 3.63) is 35.9 Å². The molecule has 19 heavy (non-hydrogen) atoms. The maximum atomic E-state index is 11.9. The van der Waals surface area contributed by atoms with Gasteiger partial charge in [-0.15, -0.1) is 0 Å². The number of rotatable bonds is 7. The third-order valence-electron chi connectivity index (χ3n) is 3.72. The number of esters is 1. The molecule has 3 nitrogen and oxygen atoms in total. The van der Waals surface area contributed by atoms with Gasteiger partial charge in [-0.1, -0.05) is 30.3 Å². The van der Waals surface area contributed by atoms with Crippen LogP contribution in [0.2, 0.25) is 0 Å². The van der Waals surface area contributed by atoms with E-state index in [2.05, 4.69) is 20.8 Å². The quantitative estimate of drug-likeness (QED) is 0.503.